The van der Waals surface area contributed by atoms with Crippen molar-refractivity contribution in [2.24, 2.45) is 5.92 Å². The minimum atomic E-state index is -0.0288. The summed E-state index contributed by atoms with van der Waals surface area (Å²) in [5.41, 5.74) is 0. The molecule has 124 valence electrons. The van der Waals surface area contributed by atoms with Gasteiger partial charge in [-0.1, -0.05) is 32.1 Å². The Hall–Kier alpha value is -0.720. The number of hydrogen-bond donors (Lipinski definition) is 1. The fraction of sp³-hybridized carbons (Fsp3) is 0.875. The Bertz CT molecular complexity index is 543. The van der Waals surface area contributed by atoms with Crippen molar-refractivity contribution in [3.63, 3.8) is 0 Å². The van der Waals surface area contributed by atoms with Crippen LogP contribution in [0.3, 0.4) is 0 Å². The second-order valence-electron chi connectivity index (χ2n) is 6.97. The first-order valence-electron chi connectivity index (χ1n) is 8.66. The number of nitrogens with zero attached hydrogens (tertiary/aromatic N) is 4. The van der Waals surface area contributed by atoms with Crippen molar-refractivity contribution in [3.8, 4) is 0 Å². The van der Waals surface area contributed by atoms with Gasteiger partial charge in [-0.05, 0) is 51.0 Å². The molecule has 2 fully saturated rings. The normalized spacial score (nSPS) is 20.0. The molecule has 0 spiro atoms. The summed E-state index contributed by atoms with van der Waals surface area (Å²) in [6, 6.07) is 0.468. The minimum absolute atomic E-state index is 0.0288. The first kappa shape index (κ1) is 16.1. The van der Waals surface area contributed by atoms with Gasteiger partial charge in [-0.25, -0.2) is 4.68 Å². The highest BCUT2D eigenvalue weighted by Gasteiger charge is 2.28. The highest BCUT2D eigenvalue weighted by molar-refractivity contribution is 7.71. The van der Waals surface area contributed by atoms with Crippen LogP contribution in [0.4, 0.5) is 0 Å². The van der Waals surface area contributed by atoms with Gasteiger partial charge in [0.25, 0.3) is 0 Å². The molecule has 0 aromatic carbocycles. The Kier molecular flexibility index (Phi) is 5.31. The zero-order valence-electron chi connectivity index (χ0n) is 13.6. The number of aliphatic hydroxyl groups is 1. The summed E-state index contributed by atoms with van der Waals surface area (Å²) in [6.07, 6.45) is 10.6. The van der Waals surface area contributed by atoms with E-state index in [4.69, 9.17) is 12.2 Å². The maximum atomic E-state index is 9.48. The van der Waals surface area contributed by atoms with Crippen molar-refractivity contribution in [2.45, 2.75) is 70.7 Å². The number of hydrogen-bond acceptors (Lipinski definition) is 4. The molecular formula is C16H28N4OS. The molecule has 0 saturated heterocycles. The van der Waals surface area contributed by atoms with Gasteiger partial charge in [-0.2, -0.15) is 5.10 Å². The molecule has 0 bridgehead atoms. The molecule has 1 aromatic rings. The summed E-state index contributed by atoms with van der Waals surface area (Å²) in [5, 5.41) is 14.0. The first-order valence-corrected chi connectivity index (χ1v) is 9.07. The second kappa shape index (κ2) is 7.23. The van der Waals surface area contributed by atoms with Crippen LogP contribution in [0.25, 0.3) is 0 Å². The summed E-state index contributed by atoms with van der Waals surface area (Å²) in [6.45, 7) is 1.79. The third kappa shape index (κ3) is 3.78. The molecule has 1 aromatic heterocycles. The lowest BCUT2D eigenvalue weighted by molar-refractivity contribution is 0.215. The van der Waals surface area contributed by atoms with E-state index in [0.717, 1.165) is 36.7 Å². The molecular weight excluding hydrogens is 296 g/mol. The minimum Gasteiger partial charge on any atom is -0.388 e. The van der Waals surface area contributed by atoms with Gasteiger partial charge in [0.05, 0.1) is 6.67 Å². The van der Waals surface area contributed by atoms with Gasteiger partial charge >= 0.3 is 0 Å². The van der Waals surface area contributed by atoms with Gasteiger partial charge in [0, 0.05) is 6.04 Å². The van der Waals surface area contributed by atoms with Gasteiger partial charge < -0.3 is 5.11 Å². The molecule has 6 heteroatoms. The molecule has 0 amide bonds. The highest BCUT2D eigenvalue weighted by atomic mass is 32.1. The molecule has 0 aliphatic heterocycles. The average molecular weight is 324 g/mol. The van der Waals surface area contributed by atoms with E-state index in [0.29, 0.717) is 11.9 Å². The Balaban J connectivity index is 1.56. The zero-order chi connectivity index (χ0) is 15.5. The summed E-state index contributed by atoms with van der Waals surface area (Å²) >= 11 is 5.55. The van der Waals surface area contributed by atoms with E-state index in [1.54, 1.807) is 0 Å². The van der Waals surface area contributed by atoms with Crippen molar-refractivity contribution in [3.05, 3.63) is 10.6 Å². The van der Waals surface area contributed by atoms with Crippen LogP contribution >= 0.6 is 12.2 Å². The molecule has 3 rings (SSSR count). The van der Waals surface area contributed by atoms with Crippen LogP contribution in [-0.4, -0.2) is 37.9 Å². The predicted molar refractivity (Wildman–Crippen MR) is 89.1 cm³/mol. The van der Waals surface area contributed by atoms with Crippen LogP contribution < -0.4 is 0 Å². The zero-order valence-corrected chi connectivity index (χ0v) is 14.4. The number of aromatic nitrogens is 3. The van der Waals surface area contributed by atoms with E-state index in [-0.39, 0.29) is 6.61 Å². The summed E-state index contributed by atoms with van der Waals surface area (Å²) in [5.74, 6) is 1.62. The van der Waals surface area contributed by atoms with E-state index >= 15 is 0 Å². The third-order valence-corrected chi connectivity index (χ3v) is 5.42. The van der Waals surface area contributed by atoms with E-state index in [2.05, 4.69) is 17.0 Å². The first-order chi connectivity index (χ1) is 10.7. The molecule has 2 aliphatic carbocycles. The average Bonchev–Trinajstić information content (AvgIpc) is 3.32. The molecule has 5 nitrogen and oxygen atoms in total. The van der Waals surface area contributed by atoms with E-state index in [9.17, 15) is 5.11 Å². The van der Waals surface area contributed by atoms with Crippen molar-refractivity contribution < 1.29 is 5.11 Å². The molecule has 1 N–H and O–H groups in total. The number of aliphatic hydroxyl groups excluding tert-OH is 1. The largest absolute Gasteiger partial charge is 0.388 e. The van der Waals surface area contributed by atoms with Crippen LogP contribution in [0.1, 0.15) is 63.2 Å². The topological polar surface area (TPSA) is 46.2 Å². The Labute approximate surface area is 137 Å². The fourth-order valence-electron chi connectivity index (χ4n) is 3.54. The van der Waals surface area contributed by atoms with Gasteiger partial charge in [0.15, 0.2) is 10.6 Å². The van der Waals surface area contributed by atoms with E-state index in [1.165, 1.54) is 38.5 Å². The number of rotatable bonds is 7. The van der Waals surface area contributed by atoms with Crippen molar-refractivity contribution in [2.75, 3.05) is 13.6 Å². The molecule has 2 aliphatic rings. The van der Waals surface area contributed by atoms with Crippen LogP contribution in [-0.2, 0) is 13.3 Å². The molecule has 0 radical (unpaired) electrons. The monoisotopic (exact) mass is 324 g/mol. The van der Waals surface area contributed by atoms with E-state index in [1.807, 2.05) is 9.25 Å². The standard InChI is InChI=1S/C16H28N4OS/c1-18(10-9-13-5-3-2-4-6-13)12-19-16(22)20(14-7-8-14)15(11-21)17-19/h13-14,21H,2-12H2,1H3. The molecule has 2 saturated carbocycles. The maximum Gasteiger partial charge on any atom is 0.199 e. The Morgan fingerprint density at radius 1 is 1.23 bits per heavy atom. The Morgan fingerprint density at radius 2 is 1.95 bits per heavy atom. The quantitative estimate of drug-likeness (QED) is 0.783. The molecule has 0 unspecified atom stereocenters. The smallest absolute Gasteiger partial charge is 0.199 e. The lowest BCUT2D eigenvalue weighted by Crippen LogP contribution is -2.26. The highest BCUT2D eigenvalue weighted by Crippen LogP contribution is 2.36. The summed E-state index contributed by atoms with van der Waals surface area (Å²) < 4.78 is 4.68. The van der Waals surface area contributed by atoms with Crippen LogP contribution in [0, 0.1) is 10.7 Å². The summed E-state index contributed by atoms with van der Waals surface area (Å²) in [4.78, 5) is 2.30. The van der Waals surface area contributed by atoms with Gasteiger partial charge in [-0.15, -0.1) is 0 Å². The van der Waals surface area contributed by atoms with Gasteiger partial charge in [0.1, 0.15) is 6.61 Å². The Morgan fingerprint density at radius 3 is 2.59 bits per heavy atom. The lowest BCUT2D eigenvalue weighted by atomic mass is 9.87. The van der Waals surface area contributed by atoms with Crippen LogP contribution in [0.2, 0.25) is 0 Å². The third-order valence-electron chi connectivity index (χ3n) is 5.01. The second-order valence-corrected chi connectivity index (χ2v) is 7.34. The maximum absolute atomic E-state index is 9.48. The molecule has 1 heterocycles. The fourth-order valence-corrected chi connectivity index (χ4v) is 3.90. The van der Waals surface area contributed by atoms with Gasteiger partial charge in [0.2, 0.25) is 0 Å². The van der Waals surface area contributed by atoms with Crippen molar-refractivity contribution >= 4 is 12.2 Å². The van der Waals surface area contributed by atoms with Crippen LogP contribution in [0.15, 0.2) is 0 Å². The predicted octanol–water partition coefficient (Wildman–Crippen LogP) is 3.10. The molecule has 0 atom stereocenters. The SMILES string of the molecule is CN(CCC1CCCCC1)Cn1nc(CO)n(C2CC2)c1=S. The van der Waals surface area contributed by atoms with E-state index < -0.39 is 0 Å². The molecule has 22 heavy (non-hydrogen) atoms. The van der Waals surface area contributed by atoms with Crippen molar-refractivity contribution in [1.82, 2.24) is 19.2 Å². The van der Waals surface area contributed by atoms with Gasteiger partial charge in [-0.3, -0.25) is 9.47 Å². The lowest BCUT2D eigenvalue weighted by Gasteiger charge is -2.24. The van der Waals surface area contributed by atoms with Crippen molar-refractivity contribution in [1.29, 1.82) is 0 Å². The van der Waals surface area contributed by atoms with Crippen LogP contribution in [0.5, 0.6) is 0 Å². The summed E-state index contributed by atoms with van der Waals surface area (Å²) in [7, 11) is 2.14.